The van der Waals surface area contributed by atoms with Gasteiger partial charge in [0.15, 0.2) is 0 Å². The summed E-state index contributed by atoms with van der Waals surface area (Å²) in [6.07, 6.45) is 0. The van der Waals surface area contributed by atoms with Crippen LogP contribution in [0.5, 0.6) is 5.75 Å². The maximum Gasteiger partial charge on any atom is 0.344 e. The third-order valence-corrected chi connectivity index (χ3v) is 4.41. The van der Waals surface area contributed by atoms with E-state index in [1.807, 2.05) is 12.1 Å². The Kier molecular flexibility index (Phi) is 3.86. The van der Waals surface area contributed by atoms with Crippen molar-refractivity contribution < 1.29 is 13.9 Å². The molecule has 4 aromatic rings. The van der Waals surface area contributed by atoms with E-state index in [2.05, 4.69) is 15.9 Å². The summed E-state index contributed by atoms with van der Waals surface area (Å²) in [5, 5.41) is 2.12. The number of carbonyl (C=O) groups is 1. The van der Waals surface area contributed by atoms with Crippen LogP contribution in [-0.4, -0.2) is 5.97 Å². The highest BCUT2D eigenvalue weighted by Crippen LogP contribution is 2.26. The predicted molar refractivity (Wildman–Crippen MR) is 99.1 cm³/mol. The van der Waals surface area contributed by atoms with Gasteiger partial charge in [-0.25, -0.2) is 9.59 Å². The van der Waals surface area contributed by atoms with E-state index in [0.29, 0.717) is 22.3 Å². The molecule has 0 saturated heterocycles. The predicted octanol–water partition coefficient (Wildman–Crippen LogP) is 4.93. The van der Waals surface area contributed by atoms with Crippen molar-refractivity contribution in [2.45, 2.75) is 0 Å². The number of hydrogen-bond acceptors (Lipinski definition) is 4. The first-order valence-electron chi connectivity index (χ1n) is 7.55. The van der Waals surface area contributed by atoms with Crippen molar-refractivity contribution in [1.82, 2.24) is 0 Å². The third-order valence-electron chi connectivity index (χ3n) is 3.88. The molecular formula is C20H11BrO4. The molecule has 1 aromatic heterocycles. The maximum atomic E-state index is 12.2. The summed E-state index contributed by atoms with van der Waals surface area (Å²) in [5.41, 5.74) is 0.396. The molecule has 0 spiro atoms. The molecule has 0 aliphatic rings. The Bertz CT molecular complexity index is 1160. The molecule has 1 heterocycles. The Morgan fingerprint density at radius 2 is 1.60 bits per heavy atom. The smallest absolute Gasteiger partial charge is 0.344 e. The molecule has 0 N–H and O–H groups in total. The average Bonchev–Trinajstić information content (AvgIpc) is 2.62. The highest BCUT2D eigenvalue weighted by molar-refractivity contribution is 9.10. The number of halogens is 1. The van der Waals surface area contributed by atoms with Gasteiger partial charge in [-0.1, -0.05) is 34.1 Å². The molecule has 4 nitrogen and oxygen atoms in total. The fraction of sp³-hybridized carbons (Fsp3) is 0. The standard InChI is InChI=1S/C20H11BrO4/c21-13-7-5-12(6-8-13)19(22)24-14-9-10-16-15-3-1-2-4-17(15)20(23)25-18(16)11-14/h1-11H. The molecule has 3 aromatic carbocycles. The second-order valence-corrected chi connectivity index (χ2v) is 6.41. The van der Waals surface area contributed by atoms with Gasteiger partial charge in [0.2, 0.25) is 0 Å². The van der Waals surface area contributed by atoms with Gasteiger partial charge in [0, 0.05) is 15.9 Å². The van der Waals surface area contributed by atoms with Crippen molar-refractivity contribution >= 4 is 43.6 Å². The minimum Gasteiger partial charge on any atom is -0.423 e. The van der Waals surface area contributed by atoms with Crippen LogP contribution >= 0.6 is 15.9 Å². The van der Waals surface area contributed by atoms with Gasteiger partial charge in [0.05, 0.1) is 10.9 Å². The van der Waals surface area contributed by atoms with Crippen molar-refractivity contribution in [1.29, 1.82) is 0 Å². The van der Waals surface area contributed by atoms with E-state index in [1.54, 1.807) is 54.6 Å². The summed E-state index contributed by atoms with van der Waals surface area (Å²) < 4.78 is 11.6. The van der Waals surface area contributed by atoms with Crippen LogP contribution in [0.1, 0.15) is 10.4 Å². The lowest BCUT2D eigenvalue weighted by Crippen LogP contribution is -2.08. The molecule has 25 heavy (non-hydrogen) atoms. The molecule has 0 saturated carbocycles. The molecular weight excluding hydrogens is 384 g/mol. The Morgan fingerprint density at radius 3 is 2.36 bits per heavy atom. The first-order chi connectivity index (χ1) is 12.1. The topological polar surface area (TPSA) is 56.5 Å². The first-order valence-corrected chi connectivity index (χ1v) is 8.34. The van der Waals surface area contributed by atoms with Gasteiger partial charge in [0.1, 0.15) is 11.3 Å². The minimum atomic E-state index is -0.477. The van der Waals surface area contributed by atoms with Gasteiger partial charge in [-0.2, -0.15) is 0 Å². The van der Waals surface area contributed by atoms with Crippen LogP contribution in [0.3, 0.4) is 0 Å². The molecule has 122 valence electrons. The van der Waals surface area contributed by atoms with Gasteiger partial charge >= 0.3 is 11.6 Å². The zero-order chi connectivity index (χ0) is 17.4. The Morgan fingerprint density at radius 1 is 0.880 bits per heavy atom. The molecule has 0 radical (unpaired) electrons. The minimum absolute atomic E-state index is 0.318. The average molecular weight is 395 g/mol. The van der Waals surface area contributed by atoms with Crippen LogP contribution < -0.4 is 10.4 Å². The normalized spacial score (nSPS) is 10.9. The van der Waals surface area contributed by atoms with E-state index in [-0.39, 0.29) is 0 Å². The van der Waals surface area contributed by atoms with E-state index in [0.717, 1.165) is 15.2 Å². The number of carbonyl (C=O) groups excluding carboxylic acids is 1. The monoisotopic (exact) mass is 394 g/mol. The van der Waals surface area contributed by atoms with Crippen molar-refractivity contribution in [2.24, 2.45) is 0 Å². The number of hydrogen-bond donors (Lipinski definition) is 0. The second kappa shape index (κ2) is 6.18. The molecule has 4 rings (SSSR count). The molecule has 0 aliphatic heterocycles. The van der Waals surface area contributed by atoms with Crippen LogP contribution in [0, 0.1) is 0 Å². The summed E-state index contributed by atoms with van der Waals surface area (Å²) in [4.78, 5) is 24.3. The third kappa shape index (κ3) is 2.94. The van der Waals surface area contributed by atoms with Crippen molar-refractivity contribution in [3.05, 3.63) is 87.2 Å². The quantitative estimate of drug-likeness (QED) is 0.209. The fourth-order valence-electron chi connectivity index (χ4n) is 2.68. The Balaban J connectivity index is 1.74. The molecule has 0 unspecified atom stereocenters. The van der Waals surface area contributed by atoms with E-state index in [1.165, 1.54) is 0 Å². The van der Waals surface area contributed by atoms with E-state index >= 15 is 0 Å². The summed E-state index contributed by atoms with van der Waals surface area (Å²) in [6, 6.07) is 19.1. The molecule has 0 fully saturated rings. The van der Waals surface area contributed by atoms with Crippen LogP contribution in [0.15, 0.2) is 80.4 Å². The molecule has 0 amide bonds. The van der Waals surface area contributed by atoms with Crippen LogP contribution in [-0.2, 0) is 0 Å². The van der Waals surface area contributed by atoms with Gasteiger partial charge < -0.3 is 9.15 Å². The first kappa shape index (κ1) is 15.6. The molecule has 5 heteroatoms. The highest BCUT2D eigenvalue weighted by Gasteiger charge is 2.11. The molecule has 0 aliphatic carbocycles. The number of benzene rings is 3. The molecule has 0 atom stereocenters. The number of ether oxygens (including phenoxy) is 1. The lowest BCUT2D eigenvalue weighted by Gasteiger charge is -2.07. The van der Waals surface area contributed by atoms with Crippen molar-refractivity contribution in [3.8, 4) is 5.75 Å². The SMILES string of the molecule is O=C(Oc1ccc2c(c1)oc(=O)c1ccccc12)c1ccc(Br)cc1. The zero-order valence-corrected chi connectivity index (χ0v) is 14.4. The summed E-state index contributed by atoms with van der Waals surface area (Å²) in [6.45, 7) is 0. The van der Waals surface area contributed by atoms with Crippen LogP contribution in [0.2, 0.25) is 0 Å². The fourth-order valence-corrected chi connectivity index (χ4v) is 2.94. The highest BCUT2D eigenvalue weighted by atomic mass is 79.9. The van der Waals surface area contributed by atoms with E-state index in [4.69, 9.17) is 9.15 Å². The zero-order valence-electron chi connectivity index (χ0n) is 12.9. The van der Waals surface area contributed by atoms with Crippen LogP contribution in [0.4, 0.5) is 0 Å². The van der Waals surface area contributed by atoms with E-state index < -0.39 is 11.6 Å². The van der Waals surface area contributed by atoms with Crippen molar-refractivity contribution in [3.63, 3.8) is 0 Å². The number of esters is 1. The summed E-state index contributed by atoms with van der Waals surface area (Å²) >= 11 is 3.32. The largest absolute Gasteiger partial charge is 0.423 e. The number of fused-ring (bicyclic) bond motifs is 3. The van der Waals surface area contributed by atoms with Gasteiger partial charge in [-0.05, 0) is 47.9 Å². The molecule has 0 bridgehead atoms. The van der Waals surface area contributed by atoms with Gasteiger partial charge in [0.25, 0.3) is 0 Å². The van der Waals surface area contributed by atoms with Gasteiger partial charge in [-0.3, -0.25) is 0 Å². The van der Waals surface area contributed by atoms with Gasteiger partial charge in [-0.15, -0.1) is 0 Å². The summed E-state index contributed by atoms with van der Waals surface area (Å²) in [7, 11) is 0. The van der Waals surface area contributed by atoms with E-state index in [9.17, 15) is 9.59 Å². The second-order valence-electron chi connectivity index (χ2n) is 5.49. The Labute approximate surface area is 150 Å². The Hall–Kier alpha value is -2.92. The summed E-state index contributed by atoms with van der Waals surface area (Å²) in [5.74, 6) is -0.158. The number of rotatable bonds is 2. The van der Waals surface area contributed by atoms with Crippen LogP contribution in [0.25, 0.3) is 21.7 Å². The lowest BCUT2D eigenvalue weighted by atomic mass is 10.1. The van der Waals surface area contributed by atoms with Crippen molar-refractivity contribution in [2.75, 3.05) is 0 Å². The maximum absolute atomic E-state index is 12.2. The lowest BCUT2D eigenvalue weighted by molar-refractivity contribution is 0.0735.